The minimum absolute atomic E-state index is 0.457. The molecule has 1 aliphatic heterocycles. The maximum atomic E-state index is 10.1. The lowest BCUT2D eigenvalue weighted by atomic mass is 10.1. The predicted molar refractivity (Wildman–Crippen MR) is 104 cm³/mol. The number of nitrogens with one attached hydrogen (secondary N) is 1. The van der Waals surface area contributed by atoms with Crippen LogP contribution in [0.1, 0.15) is 54.1 Å². The second-order valence-electron chi connectivity index (χ2n) is 7.49. The summed E-state index contributed by atoms with van der Waals surface area (Å²) in [6, 6.07) is 8.67. The highest BCUT2D eigenvalue weighted by atomic mass is 16.3. The van der Waals surface area contributed by atoms with E-state index >= 15 is 0 Å². The van der Waals surface area contributed by atoms with Gasteiger partial charge >= 0.3 is 0 Å². The summed E-state index contributed by atoms with van der Waals surface area (Å²) in [5.41, 5.74) is 7.22. The van der Waals surface area contributed by atoms with E-state index in [2.05, 4.69) is 57.8 Å². The van der Waals surface area contributed by atoms with E-state index in [-0.39, 0.29) is 0 Å². The van der Waals surface area contributed by atoms with E-state index in [1.54, 1.807) is 0 Å². The van der Waals surface area contributed by atoms with Gasteiger partial charge in [-0.05, 0) is 43.9 Å². The predicted octanol–water partition coefficient (Wildman–Crippen LogP) is 3.83. The van der Waals surface area contributed by atoms with Crippen LogP contribution in [-0.4, -0.2) is 31.3 Å². The van der Waals surface area contributed by atoms with Crippen molar-refractivity contribution in [2.24, 2.45) is 0 Å². The van der Waals surface area contributed by atoms with E-state index in [1.807, 2.05) is 6.92 Å². The lowest BCUT2D eigenvalue weighted by Crippen LogP contribution is -2.23. The molecule has 2 aromatic heterocycles. The van der Waals surface area contributed by atoms with Crippen LogP contribution in [0, 0.1) is 13.8 Å². The molecule has 138 valence electrons. The van der Waals surface area contributed by atoms with Crippen LogP contribution in [-0.2, 0) is 19.6 Å². The first kappa shape index (κ1) is 17.3. The van der Waals surface area contributed by atoms with Crippen molar-refractivity contribution in [1.82, 2.24) is 19.7 Å². The first-order chi connectivity index (χ1) is 12.6. The summed E-state index contributed by atoms with van der Waals surface area (Å²) in [5, 5.41) is 16.1. The highest BCUT2D eigenvalue weighted by Crippen LogP contribution is 2.26. The average molecular weight is 352 g/mol. The highest BCUT2D eigenvalue weighted by Gasteiger charge is 2.20. The molecule has 0 aliphatic carbocycles. The molecule has 0 fully saturated rings. The van der Waals surface area contributed by atoms with Gasteiger partial charge in [0.05, 0.1) is 23.0 Å². The topological polar surface area (TPSA) is 57.1 Å². The SMILES string of the molecule is CC[C@H](O)c1cc2n(n1)CCCN(Cc1cccc3c(C)c(C)[nH]c13)C2. The van der Waals surface area contributed by atoms with E-state index in [9.17, 15) is 5.11 Å². The van der Waals surface area contributed by atoms with Crippen LogP contribution in [0.15, 0.2) is 24.3 Å². The number of benzene rings is 1. The third kappa shape index (κ3) is 3.06. The molecule has 1 aliphatic rings. The maximum Gasteiger partial charge on any atom is 0.0975 e. The zero-order chi connectivity index (χ0) is 18.3. The molecule has 0 radical (unpaired) electrons. The third-order valence-electron chi connectivity index (χ3n) is 5.66. The summed E-state index contributed by atoms with van der Waals surface area (Å²) in [4.78, 5) is 6.06. The Morgan fingerprint density at radius 1 is 1.27 bits per heavy atom. The summed E-state index contributed by atoms with van der Waals surface area (Å²) >= 11 is 0. The Balaban J connectivity index is 1.59. The summed E-state index contributed by atoms with van der Waals surface area (Å²) < 4.78 is 2.08. The molecule has 0 saturated heterocycles. The van der Waals surface area contributed by atoms with Gasteiger partial charge in [0.25, 0.3) is 0 Å². The molecule has 1 atom stereocenters. The summed E-state index contributed by atoms with van der Waals surface area (Å²) in [7, 11) is 0. The number of para-hydroxylation sites is 1. The van der Waals surface area contributed by atoms with Gasteiger partial charge in [-0.2, -0.15) is 5.10 Å². The lowest BCUT2D eigenvalue weighted by molar-refractivity contribution is 0.167. The van der Waals surface area contributed by atoms with Crippen LogP contribution in [0.5, 0.6) is 0 Å². The number of hydrogen-bond acceptors (Lipinski definition) is 3. The second-order valence-corrected chi connectivity index (χ2v) is 7.49. The summed E-state index contributed by atoms with van der Waals surface area (Å²) in [6.45, 7) is 10.1. The van der Waals surface area contributed by atoms with Crippen molar-refractivity contribution >= 4 is 10.9 Å². The Kier molecular flexibility index (Phi) is 4.59. The van der Waals surface area contributed by atoms with Gasteiger partial charge in [-0.25, -0.2) is 0 Å². The van der Waals surface area contributed by atoms with Crippen molar-refractivity contribution in [3.63, 3.8) is 0 Å². The average Bonchev–Trinajstić information content (AvgIpc) is 3.10. The molecule has 2 N–H and O–H groups in total. The van der Waals surface area contributed by atoms with E-state index in [0.29, 0.717) is 6.42 Å². The molecular formula is C21H28N4O. The minimum atomic E-state index is -0.457. The number of aliphatic hydroxyl groups excluding tert-OH is 1. The number of H-pyrrole nitrogens is 1. The van der Waals surface area contributed by atoms with Gasteiger partial charge in [-0.1, -0.05) is 25.1 Å². The van der Waals surface area contributed by atoms with Gasteiger partial charge in [0.15, 0.2) is 0 Å². The summed E-state index contributed by atoms with van der Waals surface area (Å²) in [6.07, 6.45) is 1.32. The van der Waals surface area contributed by atoms with Crippen molar-refractivity contribution in [3.8, 4) is 0 Å². The fourth-order valence-electron chi connectivity index (χ4n) is 3.97. The Morgan fingerprint density at radius 2 is 2.12 bits per heavy atom. The monoisotopic (exact) mass is 352 g/mol. The Bertz CT molecular complexity index is 924. The van der Waals surface area contributed by atoms with Crippen LogP contribution in [0.3, 0.4) is 0 Å². The lowest BCUT2D eigenvalue weighted by Gasteiger charge is -2.20. The molecule has 0 bridgehead atoms. The van der Waals surface area contributed by atoms with Gasteiger partial charge in [0.2, 0.25) is 0 Å². The number of rotatable bonds is 4. The standard InChI is InChI=1S/C21H28N4O/c1-4-20(26)19-11-17-13-24(9-6-10-25(17)23-19)12-16-7-5-8-18-14(2)15(3)22-21(16)18/h5,7-8,11,20,22,26H,4,6,9-10,12-13H2,1-3H3/t20-/m0/s1. The largest absolute Gasteiger partial charge is 0.387 e. The molecular weight excluding hydrogens is 324 g/mol. The zero-order valence-electron chi connectivity index (χ0n) is 15.9. The molecule has 26 heavy (non-hydrogen) atoms. The third-order valence-corrected chi connectivity index (χ3v) is 5.66. The van der Waals surface area contributed by atoms with Crippen molar-refractivity contribution in [1.29, 1.82) is 0 Å². The normalized spacial score (nSPS) is 16.6. The molecule has 3 aromatic rings. The van der Waals surface area contributed by atoms with Crippen molar-refractivity contribution in [2.45, 2.75) is 59.4 Å². The molecule has 0 spiro atoms. The van der Waals surface area contributed by atoms with Crippen LogP contribution in [0.25, 0.3) is 10.9 Å². The Morgan fingerprint density at radius 3 is 2.92 bits per heavy atom. The number of aryl methyl sites for hydroxylation is 3. The quantitative estimate of drug-likeness (QED) is 0.750. The van der Waals surface area contributed by atoms with Crippen LogP contribution >= 0.6 is 0 Å². The van der Waals surface area contributed by atoms with Crippen LogP contribution < -0.4 is 0 Å². The zero-order valence-corrected chi connectivity index (χ0v) is 15.9. The van der Waals surface area contributed by atoms with Gasteiger partial charge in [0, 0.05) is 37.3 Å². The molecule has 0 unspecified atom stereocenters. The van der Waals surface area contributed by atoms with Gasteiger partial charge in [-0.15, -0.1) is 0 Å². The maximum absolute atomic E-state index is 10.1. The number of hydrogen-bond donors (Lipinski definition) is 2. The van der Waals surface area contributed by atoms with E-state index < -0.39 is 6.10 Å². The van der Waals surface area contributed by atoms with Crippen LogP contribution in [0.4, 0.5) is 0 Å². The van der Waals surface area contributed by atoms with E-state index in [0.717, 1.165) is 38.3 Å². The highest BCUT2D eigenvalue weighted by molar-refractivity contribution is 5.87. The van der Waals surface area contributed by atoms with Crippen LogP contribution in [0.2, 0.25) is 0 Å². The first-order valence-corrected chi connectivity index (χ1v) is 9.60. The fourth-order valence-corrected chi connectivity index (χ4v) is 3.97. The van der Waals surface area contributed by atoms with E-state index in [1.165, 1.54) is 33.4 Å². The number of nitrogens with zero attached hydrogens (tertiary/aromatic N) is 3. The number of fused-ring (bicyclic) bond motifs is 2. The smallest absolute Gasteiger partial charge is 0.0975 e. The Hall–Kier alpha value is -2.11. The fraction of sp³-hybridized carbons (Fsp3) is 0.476. The van der Waals surface area contributed by atoms with Crippen molar-refractivity contribution in [3.05, 3.63) is 52.5 Å². The molecule has 5 nitrogen and oxygen atoms in total. The number of aromatic nitrogens is 3. The molecule has 0 saturated carbocycles. The second kappa shape index (κ2) is 6.89. The Labute approximate surface area is 154 Å². The van der Waals surface area contributed by atoms with Gasteiger partial charge in [0.1, 0.15) is 0 Å². The van der Waals surface area contributed by atoms with Gasteiger partial charge in [-0.3, -0.25) is 9.58 Å². The molecule has 3 heterocycles. The molecule has 4 rings (SSSR count). The van der Waals surface area contributed by atoms with E-state index in [4.69, 9.17) is 0 Å². The van der Waals surface area contributed by atoms with Crippen molar-refractivity contribution < 1.29 is 5.11 Å². The van der Waals surface area contributed by atoms with Gasteiger partial charge < -0.3 is 10.1 Å². The number of aliphatic hydroxyl groups is 1. The first-order valence-electron chi connectivity index (χ1n) is 9.60. The minimum Gasteiger partial charge on any atom is -0.387 e. The number of aromatic amines is 1. The van der Waals surface area contributed by atoms with Crippen molar-refractivity contribution in [2.75, 3.05) is 6.54 Å². The summed E-state index contributed by atoms with van der Waals surface area (Å²) in [5.74, 6) is 0. The molecule has 0 amide bonds. The molecule has 5 heteroatoms. The molecule has 1 aromatic carbocycles.